The Bertz CT molecular complexity index is 247. The number of primary amides is 1. The van der Waals surface area contributed by atoms with Crippen LogP contribution in [0.2, 0.25) is 0 Å². The molecule has 5 nitrogen and oxygen atoms in total. The number of carbonyl (C=O) groups is 2. The van der Waals surface area contributed by atoms with Crippen molar-refractivity contribution in [3.8, 4) is 0 Å². The number of nitrogens with zero attached hydrogens (tertiary/aromatic N) is 1. The molecule has 0 aliphatic carbocycles. The third-order valence-corrected chi connectivity index (χ3v) is 3.15. The highest BCUT2D eigenvalue weighted by Gasteiger charge is 2.36. The van der Waals surface area contributed by atoms with E-state index in [4.69, 9.17) is 10.5 Å². The number of cyclic esters (lactones) is 1. The lowest BCUT2D eigenvalue weighted by atomic mass is 10.2. The summed E-state index contributed by atoms with van der Waals surface area (Å²) in [6.07, 6.45) is -0.0212. The second kappa shape index (κ2) is 4.81. The van der Waals surface area contributed by atoms with Crippen molar-refractivity contribution in [3.05, 3.63) is 0 Å². The van der Waals surface area contributed by atoms with Crippen LogP contribution in [0.1, 0.15) is 13.3 Å². The quantitative estimate of drug-likeness (QED) is 0.607. The molecule has 0 radical (unpaired) electrons. The lowest BCUT2D eigenvalue weighted by Gasteiger charge is -2.20. The Labute approximate surface area is 96.1 Å². The van der Waals surface area contributed by atoms with E-state index in [9.17, 15) is 9.59 Å². The summed E-state index contributed by atoms with van der Waals surface area (Å²) in [5, 5.41) is 0. The first-order valence-corrected chi connectivity index (χ1v) is 5.95. The molecule has 0 aromatic rings. The Kier molecular flexibility index (Phi) is 3.97. The highest BCUT2D eigenvalue weighted by Crippen LogP contribution is 2.17. The van der Waals surface area contributed by atoms with Gasteiger partial charge in [-0.3, -0.25) is 9.69 Å². The number of amides is 2. The van der Waals surface area contributed by atoms with E-state index < -0.39 is 18.0 Å². The second-order valence-corrected chi connectivity index (χ2v) is 4.02. The van der Waals surface area contributed by atoms with Crippen LogP contribution in [0.15, 0.2) is 0 Å². The second-order valence-electron chi connectivity index (χ2n) is 3.14. The molecular formula is C8H13IN2O3. The van der Waals surface area contributed by atoms with Crippen molar-refractivity contribution in [1.82, 2.24) is 4.90 Å². The SMILES string of the molecule is CCC(C(N)=O)N1CC(CI)OC1=O. The van der Waals surface area contributed by atoms with Gasteiger partial charge in [0, 0.05) is 4.43 Å². The van der Waals surface area contributed by atoms with Crippen molar-refractivity contribution in [3.63, 3.8) is 0 Å². The van der Waals surface area contributed by atoms with Gasteiger partial charge in [-0.25, -0.2) is 4.79 Å². The number of ether oxygens (including phenoxy) is 1. The molecule has 1 aliphatic rings. The van der Waals surface area contributed by atoms with E-state index in [-0.39, 0.29) is 6.10 Å². The van der Waals surface area contributed by atoms with Gasteiger partial charge in [-0.1, -0.05) is 29.5 Å². The molecule has 2 amide bonds. The molecule has 1 aliphatic heterocycles. The van der Waals surface area contributed by atoms with E-state index in [0.29, 0.717) is 13.0 Å². The summed E-state index contributed by atoms with van der Waals surface area (Å²) in [7, 11) is 0. The van der Waals surface area contributed by atoms with Gasteiger partial charge in [-0.15, -0.1) is 0 Å². The molecule has 1 heterocycles. The third kappa shape index (κ3) is 2.28. The molecule has 0 bridgehead atoms. The fourth-order valence-electron chi connectivity index (χ4n) is 1.45. The molecule has 1 fully saturated rings. The van der Waals surface area contributed by atoms with Crippen molar-refractivity contribution >= 4 is 34.6 Å². The van der Waals surface area contributed by atoms with Crippen LogP contribution in [0.4, 0.5) is 4.79 Å². The monoisotopic (exact) mass is 312 g/mol. The highest BCUT2D eigenvalue weighted by atomic mass is 127. The highest BCUT2D eigenvalue weighted by molar-refractivity contribution is 14.1. The predicted molar refractivity (Wildman–Crippen MR) is 59.1 cm³/mol. The van der Waals surface area contributed by atoms with Crippen molar-refractivity contribution in [2.75, 3.05) is 11.0 Å². The predicted octanol–water partition coefficient (Wildman–Crippen LogP) is 0.506. The molecule has 0 aromatic heterocycles. The average molecular weight is 312 g/mol. The molecule has 0 saturated carbocycles. The maximum atomic E-state index is 11.3. The number of nitrogens with two attached hydrogens (primary N) is 1. The van der Waals surface area contributed by atoms with Crippen LogP contribution in [-0.2, 0) is 9.53 Å². The summed E-state index contributed by atoms with van der Waals surface area (Å²) >= 11 is 2.14. The first-order valence-electron chi connectivity index (χ1n) is 4.42. The van der Waals surface area contributed by atoms with Crippen LogP contribution in [0.25, 0.3) is 0 Å². The summed E-state index contributed by atoms with van der Waals surface area (Å²) in [5.41, 5.74) is 5.19. The van der Waals surface area contributed by atoms with Gasteiger partial charge in [0.15, 0.2) is 0 Å². The molecule has 1 rings (SSSR count). The molecule has 0 aromatic carbocycles. The molecule has 2 atom stereocenters. The van der Waals surface area contributed by atoms with Gasteiger partial charge in [0.2, 0.25) is 5.91 Å². The first-order chi connectivity index (χ1) is 6.60. The number of halogens is 1. The Morgan fingerprint density at radius 2 is 2.50 bits per heavy atom. The molecule has 2 N–H and O–H groups in total. The zero-order valence-electron chi connectivity index (χ0n) is 7.90. The van der Waals surface area contributed by atoms with Gasteiger partial charge >= 0.3 is 6.09 Å². The number of hydrogen-bond donors (Lipinski definition) is 1. The zero-order valence-corrected chi connectivity index (χ0v) is 10.1. The lowest BCUT2D eigenvalue weighted by Crippen LogP contribution is -2.45. The fraction of sp³-hybridized carbons (Fsp3) is 0.750. The topological polar surface area (TPSA) is 72.6 Å². The molecule has 1 saturated heterocycles. The van der Waals surface area contributed by atoms with Crippen LogP contribution in [0.5, 0.6) is 0 Å². The van der Waals surface area contributed by atoms with E-state index in [1.54, 1.807) is 0 Å². The molecule has 6 heteroatoms. The summed E-state index contributed by atoms with van der Waals surface area (Å²) in [6.45, 7) is 2.28. The summed E-state index contributed by atoms with van der Waals surface area (Å²) in [5.74, 6) is -0.474. The van der Waals surface area contributed by atoms with Gasteiger partial charge in [0.1, 0.15) is 12.1 Å². The normalized spacial score (nSPS) is 23.4. The van der Waals surface area contributed by atoms with E-state index >= 15 is 0 Å². The number of alkyl halides is 1. The molecule has 80 valence electrons. The third-order valence-electron chi connectivity index (χ3n) is 2.17. The maximum absolute atomic E-state index is 11.3. The van der Waals surface area contributed by atoms with Crippen LogP contribution < -0.4 is 5.73 Å². The van der Waals surface area contributed by atoms with Crippen molar-refractivity contribution in [2.24, 2.45) is 5.73 Å². The van der Waals surface area contributed by atoms with Crippen LogP contribution in [0, 0.1) is 0 Å². The van der Waals surface area contributed by atoms with Crippen LogP contribution in [0.3, 0.4) is 0 Å². The van der Waals surface area contributed by atoms with E-state index in [0.717, 1.165) is 4.43 Å². The molecular weight excluding hydrogens is 299 g/mol. The standard InChI is InChI=1S/C8H13IN2O3/c1-2-6(7(10)12)11-4-5(3-9)14-8(11)13/h5-6H,2-4H2,1H3,(H2,10,12). The number of hydrogen-bond acceptors (Lipinski definition) is 3. The molecule has 0 spiro atoms. The minimum Gasteiger partial charge on any atom is -0.443 e. The first kappa shape index (κ1) is 11.5. The van der Waals surface area contributed by atoms with E-state index in [1.807, 2.05) is 6.92 Å². The van der Waals surface area contributed by atoms with Gasteiger partial charge in [-0.05, 0) is 6.42 Å². The zero-order chi connectivity index (χ0) is 10.7. The number of carbonyl (C=O) groups excluding carboxylic acids is 2. The van der Waals surface area contributed by atoms with Crippen LogP contribution in [-0.4, -0.2) is 40.0 Å². The Morgan fingerprint density at radius 3 is 2.86 bits per heavy atom. The maximum Gasteiger partial charge on any atom is 0.410 e. The van der Waals surface area contributed by atoms with Crippen molar-refractivity contribution in [2.45, 2.75) is 25.5 Å². The van der Waals surface area contributed by atoms with Gasteiger partial charge in [0.25, 0.3) is 0 Å². The summed E-state index contributed by atoms with van der Waals surface area (Å²) < 4.78 is 5.76. The minimum atomic E-state index is -0.532. The minimum absolute atomic E-state index is 0.114. The Morgan fingerprint density at radius 1 is 1.86 bits per heavy atom. The lowest BCUT2D eigenvalue weighted by molar-refractivity contribution is -0.122. The molecule has 2 unspecified atom stereocenters. The van der Waals surface area contributed by atoms with E-state index in [2.05, 4.69) is 22.6 Å². The number of rotatable bonds is 4. The van der Waals surface area contributed by atoms with Gasteiger partial charge in [0.05, 0.1) is 6.54 Å². The fourth-order valence-corrected chi connectivity index (χ4v) is 1.91. The van der Waals surface area contributed by atoms with Crippen LogP contribution >= 0.6 is 22.6 Å². The Balaban J connectivity index is 2.68. The van der Waals surface area contributed by atoms with Crippen molar-refractivity contribution in [1.29, 1.82) is 0 Å². The summed E-state index contributed by atoms with van der Waals surface area (Å²) in [6, 6.07) is -0.532. The van der Waals surface area contributed by atoms with Gasteiger partial charge in [-0.2, -0.15) is 0 Å². The smallest absolute Gasteiger partial charge is 0.410 e. The van der Waals surface area contributed by atoms with Crippen molar-refractivity contribution < 1.29 is 14.3 Å². The van der Waals surface area contributed by atoms with E-state index in [1.165, 1.54) is 4.90 Å². The average Bonchev–Trinajstić information content (AvgIpc) is 2.48. The van der Waals surface area contributed by atoms with Gasteiger partial charge < -0.3 is 10.5 Å². The largest absolute Gasteiger partial charge is 0.443 e. The summed E-state index contributed by atoms with van der Waals surface area (Å²) in [4.78, 5) is 23.8. The Hall–Kier alpha value is -0.530. The molecule has 14 heavy (non-hydrogen) atoms.